The highest BCUT2D eigenvalue weighted by molar-refractivity contribution is 5.81. The molecule has 4 nitrogen and oxygen atoms in total. The predicted molar refractivity (Wildman–Crippen MR) is 64.8 cm³/mol. The van der Waals surface area contributed by atoms with Crippen LogP contribution in [0.5, 0.6) is 5.75 Å². The number of likely N-dealkylation sites (N-methyl/N-ethyl adjacent to an activating group) is 1. The van der Waals surface area contributed by atoms with Crippen molar-refractivity contribution in [1.82, 2.24) is 5.32 Å². The fourth-order valence-electron chi connectivity index (χ4n) is 1.33. The molecule has 0 atom stereocenters. The highest BCUT2D eigenvalue weighted by Gasteiger charge is 2.03. The van der Waals surface area contributed by atoms with E-state index in [2.05, 4.69) is 10.6 Å². The number of amides is 1. The highest BCUT2D eigenvalue weighted by atomic mass is 16.5. The topological polar surface area (TPSA) is 50.4 Å². The Balaban J connectivity index is 2.55. The van der Waals surface area contributed by atoms with Crippen molar-refractivity contribution >= 4 is 11.6 Å². The molecule has 1 rings (SSSR count). The Morgan fingerprint density at radius 1 is 1.31 bits per heavy atom. The van der Waals surface area contributed by atoms with Gasteiger partial charge in [-0.05, 0) is 26.0 Å². The maximum atomic E-state index is 11.3. The number of hydrogen-bond donors (Lipinski definition) is 2. The lowest BCUT2D eigenvalue weighted by Gasteiger charge is -2.11. The zero-order valence-electron chi connectivity index (χ0n) is 9.75. The third-order valence-electron chi connectivity index (χ3n) is 2.00. The Labute approximate surface area is 96.0 Å². The van der Waals surface area contributed by atoms with E-state index in [9.17, 15) is 4.79 Å². The minimum absolute atomic E-state index is 0.0196. The second kappa shape index (κ2) is 6.71. The van der Waals surface area contributed by atoms with Crippen molar-refractivity contribution in [3.05, 3.63) is 24.3 Å². The first-order valence-electron chi connectivity index (χ1n) is 5.50. The number of para-hydroxylation sites is 2. The van der Waals surface area contributed by atoms with E-state index in [0.29, 0.717) is 13.2 Å². The fraction of sp³-hybridized carbons (Fsp3) is 0.417. The summed E-state index contributed by atoms with van der Waals surface area (Å²) in [5.74, 6) is 0.753. The first-order chi connectivity index (χ1) is 7.77. The maximum absolute atomic E-state index is 11.3. The standard InChI is InChI=1S/C12H18N2O2/c1-3-13-12(15)9-14-10-7-5-6-8-11(10)16-4-2/h5-8,14H,3-4,9H2,1-2H3,(H,13,15). The van der Waals surface area contributed by atoms with Crippen LogP contribution in [0.2, 0.25) is 0 Å². The summed E-state index contributed by atoms with van der Waals surface area (Å²) in [6.07, 6.45) is 0. The summed E-state index contributed by atoms with van der Waals surface area (Å²) in [7, 11) is 0. The molecule has 0 heterocycles. The molecule has 0 bridgehead atoms. The van der Waals surface area contributed by atoms with Gasteiger partial charge in [0.25, 0.3) is 0 Å². The molecule has 0 fully saturated rings. The van der Waals surface area contributed by atoms with E-state index < -0.39 is 0 Å². The van der Waals surface area contributed by atoms with E-state index >= 15 is 0 Å². The van der Waals surface area contributed by atoms with Crippen LogP contribution in [-0.2, 0) is 4.79 Å². The lowest BCUT2D eigenvalue weighted by atomic mass is 10.3. The summed E-state index contributed by atoms with van der Waals surface area (Å²) in [5, 5.41) is 5.77. The van der Waals surface area contributed by atoms with Gasteiger partial charge in [0.05, 0.1) is 18.8 Å². The Morgan fingerprint density at radius 3 is 2.75 bits per heavy atom. The van der Waals surface area contributed by atoms with Crippen LogP contribution >= 0.6 is 0 Å². The van der Waals surface area contributed by atoms with E-state index in [1.54, 1.807) is 0 Å². The van der Waals surface area contributed by atoms with Gasteiger partial charge in [-0.1, -0.05) is 12.1 Å². The highest BCUT2D eigenvalue weighted by Crippen LogP contribution is 2.23. The SMILES string of the molecule is CCNC(=O)CNc1ccccc1OCC. The summed E-state index contributed by atoms with van der Waals surface area (Å²) < 4.78 is 5.44. The first-order valence-corrected chi connectivity index (χ1v) is 5.50. The van der Waals surface area contributed by atoms with Crippen molar-refractivity contribution in [3.63, 3.8) is 0 Å². The molecule has 1 aromatic rings. The normalized spacial score (nSPS) is 9.62. The van der Waals surface area contributed by atoms with Gasteiger partial charge in [0.15, 0.2) is 0 Å². The molecular formula is C12H18N2O2. The second-order valence-electron chi connectivity index (χ2n) is 3.24. The molecule has 0 aliphatic carbocycles. The van der Waals surface area contributed by atoms with Gasteiger partial charge in [0, 0.05) is 6.54 Å². The van der Waals surface area contributed by atoms with Crippen molar-refractivity contribution in [2.45, 2.75) is 13.8 Å². The fourth-order valence-corrected chi connectivity index (χ4v) is 1.33. The number of carbonyl (C=O) groups excluding carboxylic acids is 1. The van der Waals surface area contributed by atoms with Gasteiger partial charge in [-0.2, -0.15) is 0 Å². The lowest BCUT2D eigenvalue weighted by molar-refractivity contribution is -0.119. The third kappa shape index (κ3) is 3.81. The van der Waals surface area contributed by atoms with Crippen LogP contribution in [0.4, 0.5) is 5.69 Å². The number of nitrogens with one attached hydrogen (secondary N) is 2. The minimum Gasteiger partial charge on any atom is -0.492 e. The van der Waals surface area contributed by atoms with E-state index in [4.69, 9.17) is 4.74 Å². The second-order valence-corrected chi connectivity index (χ2v) is 3.24. The molecule has 4 heteroatoms. The van der Waals surface area contributed by atoms with Crippen LogP contribution in [0.15, 0.2) is 24.3 Å². The molecule has 0 saturated heterocycles. The average Bonchev–Trinajstić information content (AvgIpc) is 2.29. The average molecular weight is 222 g/mol. The summed E-state index contributed by atoms with van der Waals surface area (Å²) in [6, 6.07) is 7.58. The van der Waals surface area contributed by atoms with Crippen LogP contribution in [0.25, 0.3) is 0 Å². The molecule has 1 aromatic carbocycles. The summed E-state index contributed by atoms with van der Waals surface area (Å²) >= 11 is 0. The number of anilines is 1. The molecule has 1 amide bonds. The Bertz CT molecular complexity index is 340. The lowest BCUT2D eigenvalue weighted by Crippen LogP contribution is -2.29. The first kappa shape index (κ1) is 12.4. The predicted octanol–water partition coefficient (Wildman–Crippen LogP) is 1.63. The summed E-state index contributed by atoms with van der Waals surface area (Å²) in [4.78, 5) is 11.3. The van der Waals surface area contributed by atoms with Gasteiger partial charge in [-0.3, -0.25) is 4.79 Å². The van der Waals surface area contributed by atoms with Crippen molar-refractivity contribution < 1.29 is 9.53 Å². The van der Waals surface area contributed by atoms with E-state index in [1.165, 1.54) is 0 Å². The number of benzene rings is 1. The van der Waals surface area contributed by atoms with E-state index in [0.717, 1.165) is 11.4 Å². The van der Waals surface area contributed by atoms with Gasteiger partial charge in [0.1, 0.15) is 5.75 Å². The number of hydrogen-bond acceptors (Lipinski definition) is 3. The number of carbonyl (C=O) groups is 1. The zero-order valence-corrected chi connectivity index (χ0v) is 9.75. The molecule has 0 spiro atoms. The molecule has 0 aromatic heterocycles. The molecule has 0 aliphatic heterocycles. The molecule has 2 N–H and O–H groups in total. The monoisotopic (exact) mass is 222 g/mol. The zero-order chi connectivity index (χ0) is 11.8. The van der Waals surface area contributed by atoms with E-state index in [1.807, 2.05) is 38.1 Å². The molecule has 16 heavy (non-hydrogen) atoms. The van der Waals surface area contributed by atoms with E-state index in [-0.39, 0.29) is 12.5 Å². The van der Waals surface area contributed by atoms with Gasteiger partial charge < -0.3 is 15.4 Å². The quantitative estimate of drug-likeness (QED) is 0.769. The van der Waals surface area contributed by atoms with Crippen LogP contribution in [0.1, 0.15) is 13.8 Å². The van der Waals surface area contributed by atoms with Crippen LogP contribution in [-0.4, -0.2) is 25.6 Å². The molecule has 88 valence electrons. The van der Waals surface area contributed by atoms with Gasteiger partial charge in [-0.15, -0.1) is 0 Å². The largest absolute Gasteiger partial charge is 0.492 e. The van der Waals surface area contributed by atoms with Gasteiger partial charge >= 0.3 is 0 Å². The maximum Gasteiger partial charge on any atom is 0.239 e. The molecule has 0 aliphatic rings. The third-order valence-corrected chi connectivity index (χ3v) is 2.00. The summed E-state index contributed by atoms with van der Waals surface area (Å²) in [5.41, 5.74) is 0.843. The van der Waals surface area contributed by atoms with Crippen molar-refractivity contribution in [2.24, 2.45) is 0 Å². The van der Waals surface area contributed by atoms with Gasteiger partial charge in [-0.25, -0.2) is 0 Å². The Kier molecular flexibility index (Phi) is 5.19. The number of rotatable bonds is 6. The van der Waals surface area contributed by atoms with Crippen LogP contribution in [0.3, 0.4) is 0 Å². The van der Waals surface area contributed by atoms with Crippen LogP contribution < -0.4 is 15.4 Å². The van der Waals surface area contributed by atoms with Crippen molar-refractivity contribution in [3.8, 4) is 5.75 Å². The number of ether oxygens (including phenoxy) is 1. The van der Waals surface area contributed by atoms with Crippen molar-refractivity contribution in [2.75, 3.05) is 25.0 Å². The van der Waals surface area contributed by atoms with Gasteiger partial charge in [0.2, 0.25) is 5.91 Å². The molecular weight excluding hydrogens is 204 g/mol. The smallest absolute Gasteiger partial charge is 0.239 e. The molecule has 0 radical (unpaired) electrons. The Morgan fingerprint density at radius 2 is 2.06 bits per heavy atom. The molecule has 0 saturated carbocycles. The minimum atomic E-state index is -0.0196. The van der Waals surface area contributed by atoms with Crippen molar-refractivity contribution in [1.29, 1.82) is 0 Å². The molecule has 0 unspecified atom stereocenters. The van der Waals surface area contributed by atoms with Crippen LogP contribution in [0, 0.1) is 0 Å². The summed E-state index contributed by atoms with van der Waals surface area (Å²) in [6.45, 7) is 5.35. The Hall–Kier alpha value is -1.71.